The number of benzene rings is 1. The summed E-state index contributed by atoms with van der Waals surface area (Å²) >= 11 is 0. The summed E-state index contributed by atoms with van der Waals surface area (Å²) in [6, 6.07) is 6.05. The quantitative estimate of drug-likeness (QED) is 0.738. The highest BCUT2D eigenvalue weighted by Crippen LogP contribution is 2.39. The van der Waals surface area contributed by atoms with Crippen LogP contribution in [-0.4, -0.2) is 42.8 Å². The normalized spacial score (nSPS) is 24.1. The average Bonchev–Trinajstić information content (AvgIpc) is 2.96. The Morgan fingerprint density at radius 3 is 2.60 bits per heavy atom. The van der Waals surface area contributed by atoms with Gasteiger partial charge in [-0.3, -0.25) is 4.79 Å². The van der Waals surface area contributed by atoms with Crippen LogP contribution < -0.4 is 5.32 Å². The van der Waals surface area contributed by atoms with Crippen molar-refractivity contribution in [3.8, 4) is 0 Å². The third-order valence-corrected chi connectivity index (χ3v) is 7.59. The number of rotatable bonds is 5. The molecular formula is C22H29N3O4S. The first kappa shape index (κ1) is 20.9. The molecule has 0 unspecified atom stereocenters. The number of anilines is 1. The summed E-state index contributed by atoms with van der Waals surface area (Å²) < 4.78 is 29.2. The van der Waals surface area contributed by atoms with E-state index in [0.717, 1.165) is 32.1 Å². The van der Waals surface area contributed by atoms with Gasteiger partial charge >= 0.3 is 0 Å². The number of aliphatic hydroxyl groups excluding tert-OH is 1. The Morgan fingerprint density at radius 1 is 1.20 bits per heavy atom. The summed E-state index contributed by atoms with van der Waals surface area (Å²) in [6.45, 7) is 4.73. The van der Waals surface area contributed by atoms with Crippen molar-refractivity contribution in [1.29, 1.82) is 0 Å². The van der Waals surface area contributed by atoms with Gasteiger partial charge in [-0.15, -0.1) is 4.40 Å². The van der Waals surface area contributed by atoms with Gasteiger partial charge in [-0.2, -0.15) is 8.42 Å². The van der Waals surface area contributed by atoms with Crippen molar-refractivity contribution in [2.75, 3.05) is 11.9 Å². The van der Waals surface area contributed by atoms with Crippen LogP contribution in [0.15, 0.2) is 44.9 Å². The maximum atomic E-state index is 13.4. The standard InChI is InChI=1S/C22H29N3O4S/c1-14(2)12-13-25-19(15-8-4-3-5-9-15)20(26)18(22(25)27)21-23-16-10-6-7-11-17(16)30(28,29)24-21/h6-7,10-11,14-15,19,26H,3-5,8-9,12-13H2,1-2H3,(H,23,24)/t19-/m0/s1. The third kappa shape index (κ3) is 3.73. The zero-order valence-electron chi connectivity index (χ0n) is 17.5. The predicted octanol–water partition coefficient (Wildman–Crippen LogP) is 3.85. The number of hydrogen-bond donors (Lipinski definition) is 2. The number of carbonyl (C=O) groups excluding carboxylic acids is 1. The second-order valence-corrected chi connectivity index (χ2v) is 10.4. The van der Waals surface area contributed by atoms with E-state index in [4.69, 9.17) is 0 Å². The van der Waals surface area contributed by atoms with Gasteiger partial charge in [-0.05, 0) is 43.2 Å². The Labute approximate surface area is 177 Å². The van der Waals surface area contributed by atoms with E-state index >= 15 is 0 Å². The number of nitrogens with one attached hydrogen (secondary N) is 1. The molecule has 3 aliphatic rings. The molecule has 0 spiro atoms. The molecule has 7 nitrogen and oxygen atoms in total. The summed E-state index contributed by atoms with van der Waals surface area (Å²) in [5.41, 5.74) is 0.359. The first-order valence-corrected chi connectivity index (χ1v) is 12.2. The minimum absolute atomic E-state index is 0.00703. The van der Waals surface area contributed by atoms with Crippen LogP contribution in [-0.2, 0) is 14.8 Å². The summed E-state index contributed by atoms with van der Waals surface area (Å²) in [5.74, 6) is 0.124. The first-order chi connectivity index (χ1) is 14.3. The van der Waals surface area contributed by atoms with Gasteiger partial charge in [-0.25, -0.2) is 0 Å². The summed E-state index contributed by atoms with van der Waals surface area (Å²) in [5, 5.41) is 14.1. The number of aliphatic hydroxyl groups is 1. The Hall–Kier alpha value is -2.35. The van der Waals surface area contributed by atoms with Gasteiger partial charge in [0.25, 0.3) is 15.9 Å². The van der Waals surface area contributed by atoms with Crippen LogP contribution in [0.4, 0.5) is 5.69 Å². The van der Waals surface area contributed by atoms with E-state index in [1.165, 1.54) is 12.5 Å². The average molecular weight is 432 g/mol. The van der Waals surface area contributed by atoms with E-state index in [9.17, 15) is 18.3 Å². The van der Waals surface area contributed by atoms with Gasteiger partial charge in [0, 0.05) is 6.54 Å². The number of sulfonamides is 1. The largest absolute Gasteiger partial charge is 0.509 e. The topological polar surface area (TPSA) is 99.1 Å². The molecule has 2 aliphatic heterocycles. The lowest BCUT2D eigenvalue weighted by molar-refractivity contribution is -0.127. The van der Waals surface area contributed by atoms with E-state index in [2.05, 4.69) is 23.6 Å². The molecular weight excluding hydrogens is 402 g/mol. The maximum absolute atomic E-state index is 13.4. The van der Waals surface area contributed by atoms with Crippen molar-refractivity contribution >= 4 is 27.5 Å². The van der Waals surface area contributed by atoms with Crippen molar-refractivity contribution in [2.45, 2.75) is 63.3 Å². The maximum Gasteiger partial charge on any atom is 0.286 e. The highest BCUT2D eigenvalue weighted by molar-refractivity contribution is 7.90. The number of amidine groups is 1. The molecule has 0 radical (unpaired) electrons. The lowest BCUT2D eigenvalue weighted by Crippen LogP contribution is -2.42. The lowest BCUT2D eigenvalue weighted by atomic mass is 9.83. The van der Waals surface area contributed by atoms with E-state index in [1.54, 1.807) is 23.1 Å². The molecule has 4 rings (SSSR count). The van der Waals surface area contributed by atoms with Crippen LogP contribution in [0.2, 0.25) is 0 Å². The van der Waals surface area contributed by atoms with Crippen molar-refractivity contribution in [2.24, 2.45) is 16.2 Å². The van der Waals surface area contributed by atoms with Crippen LogP contribution in [0, 0.1) is 11.8 Å². The van der Waals surface area contributed by atoms with E-state index < -0.39 is 16.1 Å². The van der Waals surface area contributed by atoms with Crippen LogP contribution in [0.1, 0.15) is 52.4 Å². The second-order valence-electron chi connectivity index (χ2n) is 8.82. The minimum Gasteiger partial charge on any atom is -0.509 e. The van der Waals surface area contributed by atoms with Gasteiger partial charge in [0.2, 0.25) is 0 Å². The Kier molecular flexibility index (Phi) is 5.61. The monoisotopic (exact) mass is 431 g/mol. The Bertz CT molecular complexity index is 1010. The van der Waals surface area contributed by atoms with Crippen molar-refractivity contribution in [1.82, 2.24) is 4.90 Å². The van der Waals surface area contributed by atoms with Crippen LogP contribution >= 0.6 is 0 Å². The fraction of sp³-hybridized carbons (Fsp3) is 0.545. The zero-order chi connectivity index (χ0) is 21.5. The predicted molar refractivity (Wildman–Crippen MR) is 116 cm³/mol. The van der Waals surface area contributed by atoms with Gasteiger partial charge in [0.05, 0.1) is 11.7 Å². The first-order valence-electron chi connectivity index (χ1n) is 10.7. The number of amides is 1. The number of carbonyl (C=O) groups is 1. The van der Waals surface area contributed by atoms with Gasteiger partial charge < -0.3 is 15.3 Å². The molecule has 0 aromatic heterocycles. The van der Waals surface area contributed by atoms with E-state index in [-0.39, 0.29) is 33.9 Å². The molecule has 2 heterocycles. The highest BCUT2D eigenvalue weighted by Gasteiger charge is 2.46. The molecule has 1 saturated carbocycles. The number of nitrogens with zero attached hydrogens (tertiary/aromatic N) is 2. The molecule has 1 atom stereocenters. The number of hydrogen-bond acceptors (Lipinski definition) is 5. The molecule has 1 aliphatic carbocycles. The smallest absolute Gasteiger partial charge is 0.286 e. The van der Waals surface area contributed by atoms with Gasteiger partial charge in [0.15, 0.2) is 5.84 Å². The SMILES string of the molecule is CC(C)CCN1C(=O)C(C2=NS(=O)(=O)c3ccccc3N2)=C(O)[C@@H]1C1CCCCC1. The molecule has 162 valence electrons. The summed E-state index contributed by atoms with van der Waals surface area (Å²) in [7, 11) is -3.95. The molecule has 8 heteroatoms. The van der Waals surface area contributed by atoms with Crippen molar-refractivity contribution < 1.29 is 18.3 Å². The molecule has 2 N–H and O–H groups in total. The molecule has 30 heavy (non-hydrogen) atoms. The van der Waals surface area contributed by atoms with E-state index in [1.807, 2.05) is 0 Å². The zero-order valence-corrected chi connectivity index (χ0v) is 18.3. The third-order valence-electron chi connectivity index (χ3n) is 6.26. The fourth-order valence-corrected chi connectivity index (χ4v) is 5.81. The molecule has 1 aromatic rings. The van der Waals surface area contributed by atoms with Crippen LogP contribution in [0.25, 0.3) is 0 Å². The van der Waals surface area contributed by atoms with Gasteiger partial charge in [-0.1, -0.05) is 45.2 Å². The van der Waals surface area contributed by atoms with Crippen molar-refractivity contribution in [3.63, 3.8) is 0 Å². The molecule has 1 amide bonds. The molecule has 1 aromatic carbocycles. The minimum atomic E-state index is -3.95. The van der Waals surface area contributed by atoms with Crippen molar-refractivity contribution in [3.05, 3.63) is 35.6 Å². The number of para-hydroxylation sites is 1. The number of fused-ring (bicyclic) bond motifs is 1. The molecule has 0 saturated heterocycles. The molecule has 1 fully saturated rings. The fourth-order valence-electron chi connectivity index (χ4n) is 4.69. The highest BCUT2D eigenvalue weighted by atomic mass is 32.2. The second kappa shape index (κ2) is 8.06. The summed E-state index contributed by atoms with van der Waals surface area (Å²) in [6.07, 6.45) is 6.05. The molecule has 0 bridgehead atoms. The lowest BCUT2D eigenvalue weighted by Gasteiger charge is -2.34. The Balaban J connectivity index is 1.74. The van der Waals surface area contributed by atoms with Gasteiger partial charge in [0.1, 0.15) is 16.2 Å². The van der Waals surface area contributed by atoms with Crippen LogP contribution in [0.3, 0.4) is 0 Å². The Morgan fingerprint density at radius 2 is 1.90 bits per heavy atom. The van der Waals surface area contributed by atoms with E-state index in [0.29, 0.717) is 18.2 Å². The summed E-state index contributed by atoms with van der Waals surface area (Å²) in [4.78, 5) is 15.2. The van der Waals surface area contributed by atoms with Crippen LogP contribution in [0.5, 0.6) is 0 Å².